The van der Waals surface area contributed by atoms with Gasteiger partial charge in [-0.2, -0.15) is 0 Å². The van der Waals surface area contributed by atoms with Crippen molar-refractivity contribution in [3.05, 3.63) is 88.5 Å². The van der Waals surface area contributed by atoms with Crippen LogP contribution in [0.3, 0.4) is 0 Å². The minimum atomic E-state index is -4.79. The molecule has 28 heavy (non-hydrogen) atoms. The third kappa shape index (κ3) is 5.00. The average molecular weight is 389 g/mol. The van der Waals surface area contributed by atoms with Crippen LogP contribution in [0, 0.1) is 10.1 Å². The summed E-state index contributed by atoms with van der Waals surface area (Å²) in [6, 6.07) is 18.5. The predicted molar refractivity (Wildman–Crippen MR) is 96.0 cm³/mol. The number of non-ortho nitro benzene ring substituents is 1. The van der Waals surface area contributed by atoms with E-state index in [1.165, 1.54) is 30.3 Å². The number of rotatable bonds is 6. The molecule has 8 heteroatoms. The first kappa shape index (κ1) is 19.2. The maximum absolute atomic E-state index is 12.3. The molecule has 3 rings (SSSR count). The molecule has 5 nitrogen and oxygen atoms in total. The van der Waals surface area contributed by atoms with Gasteiger partial charge in [-0.25, -0.2) is 0 Å². The number of nitro benzene ring substituents is 1. The first-order valence-corrected chi connectivity index (χ1v) is 8.13. The van der Waals surface area contributed by atoms with Crippen LogP contribution >= 0.6 is 0 Å². The van der Waals surface area contributed by atoms with Gasteiger partial charge in [-0.05, 0) is 29.3 Å². The van der Waals surface area contributed by atoms with Gasteiger partial charge in [0, 0.05) is 17.7 Å². The van der Waals surface area contributed by atoms with Gasteiger partial charge in [-0.1, -0.05) is 42.5 Å². The van der Waals surface area contributed by atoms with Crippen molar-refractivity contribution in [2.75, 3.05) is 0 Å². The van der Waals surface area contributed by atoms with E-state index in [1.807, 2.05) is 30.3 Å². The molecule has 0 N–H and O–H groups in total. The topological polar surface area (TPSA) is 61.6 Å². The van der Waals surface area contributed by atoms with Crippen molar-refractivity contribution in [1.29, 1.82) is 0 Å². The molecule has 0 spiro atoms. The van der Waals surface area contributed by atoms with E-state index in [1.54, 1.807) is 0 Å². The van der Waals surface area contributed by atoms with Gasteiger partial charge in [0.05, 0.1) is 4.92 Å². The molecule has 3 aromatic carbocycles. The van der Waals surface area contributed by atoms with Crippen LogP contribution in [-0.2, 0) is 6.61 Å². The number of alkyl halides is 3. The van der Waals surface area contributed by atoms with Gasteiger partial charge in [0.1, 0.15) is 18.1 Å². The van der Waals surface area contributed by atoms with E-state index < -0.39 is 11.3 Å². The summed E-state index contributed by atoms with van der Waals surface area (Å²) in [6.45, 7) is 0.237. The molecule has 0 fully saturated rings. The Kier molecular flexibility index (Phi) is 5.49. The molecule has 0 saturated heterocycles. The van der Waals surface area contributed by atoms with Gasteiger partial charge in [-0.15, -0.1) is 13.2 Å². The SMILES string of the molecule is O=[N+]([O-])c1ccc(OCc2ccccc2)c(-c2ccc(OC(F)(F)F)cc2)c1. The highest BCUT2D eigenvalue weighted by atomic mass is 19.4. The molecule has 0 amide bonds. The molecule has 0 aliphatic heterocycles. The van der Waals surface area contributed by atoms with Gasteiger partial charge in [0.25, 0.3) is 5.69 Å². The molecular formula is C20H14F3NO4. The maximum Gasteiger partial charge on any atom is 0.573 e. The van der Waals surface area contributed by atoms with Crippen LogP contribution in [0.5, 0.6) is 11.5 Å². The Hall–Kier alpha value is -3.55. The van der Waals surface area contributed by atoms with Gasteiger partial charge < -0.3 is 9.47 Å². The first-order chi connectivity index (χ1) is 13.3. The fourth-order valence-electron chi connectivity index (χ4n) is 2.55. The molecule has 0 heterocycles. The molecule has 0 aliphatic rings. The van der Waals surface area contributed by atoms with E-state index in [2.05, 4.69) is 4.74 Å². The Bertz CT molecular complexity index is 957. The molecule has 0 unspecified atom stereocenters. The minimum Gasteiger partial charge on any atom is -0.488 e. The zero-order valence-electron chi connectivity index (χ0n) is 14.3. The summed E-state index contributed by atoms with van der Waals surface area (Å²) in [7, 11) is 0. The second-order valence-corrected chi connectivity index (χ2v) is 5.78. The largest absolute Gasteiger partial charge is 0.573 e. The Balaban J connectivity index is 1.90. The highest BCUT2D eigenvalue weighted by Gasteiger charge is 2.31. The summed E-state index contributed by atoms with van der Waals surface area (Å²) in [6.07, 6.45) is -4.79. The number of nitrogens with zero attached hydrogens (tertiary/aromatic N) is 1. The van der Waals surface area contributed by atoms with E-state index >= 15 is 0 Å². The van der Waals surface area contributed by atoms with Crippen molar-refractivity contribution in [2.24, 2.45) is 0 Å². The second kappa shape index (κ2) is 7.99. The summed E-state index contributed by atoms with van der Waals surface area (Å²) in [5.74, 6) is -0.00706. The number of ether oxygens (including phenoxy) is 2. The summed E-state index contributed by atoms with van der Waals surface area (Å²) in [5.41, 5.74) is 1.60. The Morgan fingerprint density at radius 1 is 0.929 bits per heavy atom. The van der Waals surface area contributed by atoms with Crippen LogP contribution in [0.25, 0.3) is 11.1 Å². The van der Waals surface area contributed by atoms with Crippen molar-refractivity contribution >= 4 is 5.69 Å². The number of hydrogen-bond donors (Lipinski definition) is 0. The second-order valence-electron chi connectivity index (χ2n) is 5.78. The lowest BCUT2D eigenvalue weighted by molar-refractivity contribution is -0.384. The van der Waals surface area contributed by atoms with Crippen molar-refractivity contribution in [2.45, 2.75) is 13.0 Å². The van der Waals surface area contributed by atoms with E-state index in [0.29, 0.717) is 16.9 Å². The third-order valence-corrected chi connectivity index (χ3v) is 3.81. The Morgan fingerprint density at radius 2 is 1.61 bits per heavy atom. The number of nitro groups is 1. The zero-order chi connectivity index (χ0) is 20.1. The van der Waals surface area contributed by atoms with E-state index in [0.717, 1.165) is 17.7 Å². The highest BCUT2D eigenvalue weighted by molar-refractivity contribution is 5.73. The van der Waals surface area contributed by atoms with Crippen molar-refractivity contribution in [1.82, 2.24) is 0 Å². The number of benzene rings is 3. The molecule has 0 bridgehead atoms. The quantitative estimate of drug-likeness (QED) is 0.398. The monoisotopic (exact) mass is 389 g/mol. The average Bonchev–Trinajstić information content (AvgIpc) is 2.66. The lowest BCUT2D eigenvalue weighted by Gasteiger charge is -2.13. The van der Waals surface area contributed by atoms with Crippen LogP contribution < -0.4 is 9.47 Å². The standard InChI is InChI=1S/C20H14F3NO4/c21-20(22,23)28-17-9-6-15(7-10-17)18-12-16(24(25)26)8-11-19(18)27-13-14-4-2-1-3-5-14/h1-12H,13H2. The molecule has 144 valence electrons. The van der Waals surface area contributed by atoms with E-state index in [9.17, 15) is 23.3 Å². The summed E-state index contributed by atoms with van der Waals surface area (Å²) in [5, 5.41) is 11.1. The predicted octanol–water partition coefficient (Wildman–Crippen LogP) is 5.74. The van der Waals surface area contributed by atoms with Crippen LogP contribution in [0.4, 0.5) is 18.9 Å². The van der Waals surface area contributed by atoms with E-state index in [4.69, 9.17) is 4.74 Å². The Labute approximate surface area is 158 Å². The molecule has 0 saturated carbocycles. The molecule has 0 aliphatic carbocycles. The van der Waals surface area contributed by atoms with Crippen LogP contribution in [-0.4, -0.2) is 11.3 Å². The lowest BCUT2D eigenvalue weighted by atomic mass is 10.0. The molecular weight excluding hydrogens is 375 g/mol. The zero-order valence-corrected chi connectivity index (χ0v) is 14.3. The summed E-state index contributed by atoms with van der Waals surface area (Å²) < 4.78 is 46.6. The third-order valence-electron chi connectivity index (χ3n) is 3.81. The fraction of sp³-hybridized carbons (Fsp3) is 0.100. The highest BCUT2D eigenvalue weighted by Crippen LogP contribution is 2.35. The molecule has 0 radical (unpaired) electrons. The van der Waals surface area contributed by atoms with Gasteiger partial charge >= 0.3 is 6.36 Å². The van der Waals surface area contributed by atoms with Crippen LogP contribution in [0.1, 0.15) is 5.56 Å². The minimum absolute atomic E-state index is 0.155. The smallest absolute Gasteiger partial charge is 0.488 e. The summed E-state index contributed by atoms with van der Waals surface area (Å²) >= 11 is 0. The number of hydrogen-bond acceptors (Lipinski definition) is 4. The van der Waals surface area contributed by atoms with Crippen LogP contribution in [0.2, 0.25) is 0 Å². The fourth-order valence-corrected chi connectivity index (χ4v) is 2.55. The van der Waals surface area contributed by atoms with Crippen LogP contribution in [0.15, 0.2) is 72.8 Å². The Morgan fingerprint density at radius 3 is 2.21 bits per heavy atom. The van der Waals surface area contributed by atoms with Crippen molar-refractivity contribution < 1.29 is 27.6 Å². The van der Waals surface area contributed by atoms with Crippen molar-refractivity contribution in [3.8, 4) is 22.6 Å². The van der Waals surface area contributed by atoms with E-state index in [-0.39, 0.29) is 18.0 Å². The molecule has 0 atom stereocenters. The molecule has 3 aromatic rings. The number of halogens is 3. The first-order valence-electron chi connectivity index (χ1n) is 8.13. The maximum atomic E-state index is 12.3. The van der Waals surface area contributed by atoms with Crippen molar-refractivity contribution in [3.63, 3.8) is 0 Å². The molecule has 0 aromatic heterocycles. The van der Waals surface area contributed by atoms with Gasteiger partial charge in [0.2, 0.25) is 0 Å². The van der Waals surface area contributed by atoms with Gasteiger partial charge in [-0.3, -0.25) is 10.1 Å². The summed E-state index contributed by atoms with van der Waals surface area (Å²) in [4.78, 5) is 10.6. The van der Waals surface area contributed by atoms with Gasteiger partial charge in [0.15, 0.2) is 0 Å². The normalized spacial score (nSPS) is 11.1. The lowest BCUT2D eigenvalue weighted by Crippen LogP contribution is -2.16.